The van der Waals surface area contributed by atoms with Gasteiger partial charge in [-0.25, -0.2) is 0 Å². The molecule has 76 valence electrons. The second-order valence-corrected chi connectivity index (χ2v) is 4.51. The first kappa shape index (κ1) is 9.96. The van der Waals surface area contributed by atoms with Crippen molar-refractivity contribution in [3.05, 3.63) is 30.1 Å². The summed E-state index contributed by atoms with van der Waals surface area (Å²) in [7, 11) is 0. The molecule has 0 radical (unpaired) electrons. The van der Waals surface area contributed by atoms with Crippen molar-refractivity contribution in [2.24, 2.45) is 0 Å². The maximum Gasteiger partial charge on any atom is 0.0793 e. The summed E-state index contributed by atoms with van der Waals surface area (Å²) >= 11 is 1.89. The van der Waals surface area contributed by atoms with Crippen LogP contribution in [0.25, 0.3) is 0 Å². The Morgan fingerprint density at radius 2 is 2.29 bits per heavy atom. The first-order chi connectivity index (χ1) is 6.90. The van der Waals surface area contributed by atoms with Gasteiger partial charge in [0.1, 0.15) is 0 Å². The molecule has 0 spiro atoms. The fourth-order valence-electron chi connectivity index (χ4n) is 1.58. The third kappa shape index (κ3) is 2.26. The molecule has 4 heteroatoms. The lowest BCUT2D eigenvalue weighted by Gasteiger charge is -2.12. The monoisotopic (exact) mass is 210 g/mol. The van der Waals surface area contributed by atoms with Crippen LogP contribution in [0.15, 0.2) is 24.5 Å². The average molecular weight is 210 g/mol. The molecule has 0 saturated carbocycles. The average Bonchev–Trinajstić information content (AvgIpc) is 2.68. The van der Waals surface area contributed by atoms with Crippen molar-refractivity contribution < 1.29 is 5.11 Å². The minimum Gasteiger partial charge on any atom is -0.396 e. The molecule has 1 saturated heterocycles. The number of hydrogen-bond donors (Lipinski definition) is 2. The van der Waals surface area contributed by atoms with Crippen LogP contribution in [-0.4, -0.2) is 28.5 Å². The lowest BCUT2D eigenvalue weighted by Crippen LogP contribution is -2.26. The number of aromatic nitrogens is 1. The van der Waals surface area contributed by atoms with Gasteiger partial charge in [0, 0.05) is 30.8 Å². The number of nitrogens with zero attached hydrogens (tertiary/aromatic N) is 1. The molecule has 1 aromatic rings. The van der Waals surface area contributed by atoms with Crippen LogP contribution in [0.3, 0.4) is 0 Å². The Kier molecular flexibility index (Phi) is 3.39. The molecule has 0 aliphatic carbocycles. The zero-order valence-electron chi connectivity index (χ0n) is 7.89. The predicted octanol–water partition coefficient (Wildman–Crippen LogP) is 1.17. The molecule has 2 N–H and O–H groups in total. The summed E-state index contributed by atoms with van der Waals surface area (Å²) in [4.78, 5) is 4.00. The fraction of sp³-hybridized carbons (Fsp3) is 0.500. The first-order valence-corrected chi connectivity index (χ1v) is 5.83. The summed E-state index contributed by atoms with van der Waals surface area (Å²) in [5.74, 6) is 1.08. The second-order valence-electron chi connectivity index (χ2n) is 3.37. The number of thioether (sulfide) groups is 1. The maximum atomic E-state index is 8.82. The van der Waals surface area contributed by atoms with E-state index >= 15 is 0 Å². The van der Waals surface area contributed by atoms with E-state index in [0.29, 0.717) is 11.4 Å². The van der Waals surface area contributed by atoms with Crippen LogP contribution < -0.4 is 5.32 Å². The number of rotatable bonds is 3. The first-order valence-electron chi connectivity index (χ1n) is 4.78. The van der Waals surface area contributed by atoms with Crippen molar-refractivity contribution in [1.82, 2.24) is 10.3 Å². The van der Waals surface area contributed by atoms with Gasteiger partial charge >= 0.3 is 0 Å². The highest BCUT2D eigenvalue weighted by molar-refractivity contribution is 7.99. The Balaban J connectivity index is 1.96. The zero-order valence-corrected chi connectivity index (χ0v) is 8.70. The standard InChI is InChI=1S/C10H14N2OS/c13-6-3-9-7-14-10(12-9)8-1-4-11-5-2-8/h1-2,4-5,9-10,12-13H,3,6-7H2. The van der Waals surface area contributed by atoms with Gasteiger partial charge in [0.25, 0.3) is 0 Å². The van der Waals surface area contributed by atoms with E-state index in [1.54, 1.807) is 0 Å². The Bertz CT molecular complexity index is 281. The minimum atomic E-state index is 0.265. The molecule has 3 nitrogen and oxygen atoms in total. The van der Waals surface area contributed by atoms with Gasteiger partial charge in [-0.05, 0) is 24.1 Å². The molecule has 0 bridgehead atoms. The number of aliphatic hydroxyl groups excluding tert-OH is 1. The van der Waals surface area contributed by atoms with Crippen molar-refractivity contribution in [2.75, 3.05) is 12.4 Å². The number of hydrogen-bond acceptors (Lipinski definition) is 4. The van der Waals surface area contributed by atoms with Gasteiger partial charge in [-0.2, -0.15) is 0 Å². The Morgan fingerprint density at radius 3 is 3.00 bits per heavy atom. The summed E-state index contributed by atoms with van der Waals surface area (Å²) in [5, 5.41) is 12.7. The summed E-state index contributed by atoms with van der Waals surface area (Å²) in [6, 6.07) is 4.51. The zero-order chi connectivity index (χ0) is 9.80. The van der Waals surface area contributed by atoms with E-state index < -0.39 is 0 Å². The van der Waals surface area contributed by atoms with Crippen molar-refractivity contribution >= 4 is 11.8 Å². The summed E-state index contributed by atoms with van der Waals surface area (Å²) in [6.45, 7) is 0.265. The highest BCUT2D eigenvalue weighted by Crippen LogP contribution is 2.32. The van der Waals surface area contributed by atoms with Crippen molar-refractivity contribution in [3.63, 3.8) is 0 Å². The molecule has 2 rings (SSSR count). The molecule has 14 heavy (non-hydrogen) atoms. The number of aliphatic hydroxyl groups is 1. The largest absolute Gasteiger partial charge is 0.396 e. The lowest BCUT2D eigenvalue weighted by molar-refractivity contribution is 0.271. The quantitative estimate of drug-likeness (QED) is 0.786. The third-order valence-electron chi connectivity index (χ3n) is 2.34. The molecule has 2 unspecified atom stereocenters. The predicted molar refractivity (Wildman–Crippen MR) is 58.1 cm³/mol. The maximum absolute atomic E-state index is 8.82. The molecular formula is C10H14N2OS. The molecular weight excluding hydrogens is 196 g/mol. The minimum absolute atomic E-state index is 0.265. The molecule has 0 aromatic carbocycles. The van der Waals surface area contributed by atoms with E-state index in [1.165, 1.54) is 5.56 Å². The highest BCUT2D eigenvalue weighted by atomic mass is 32.2. The Hall–Kier alpha value is -0.580. The van der Waals surface area contributed by atoms with E-state index in [2.05, 4.69) is 10.3 Å². The lowest BCUT2D eigenvalue weighted by atomic mass is 10.2. The number of pyridine rings is 1. The SMILES string of the molecule is OCCC1CSC(c2ccncc2)N1. The van der Waals surface area contributed by atoms with E-state index in [0.717, 1.165) is 12.2 Å². The van der Waals surface area contributed by atoms with Crippen molar-refractivity contribution in [1.29, 1.82) is 0 Å². The van der Waals surface area contributed by atoms with E-state index in [-0.39, 0.29) is 6.61 Å². The summed E-state index contributed by atoms with van der Waals surface area (Å²) in [6.07, 6.45) is 4.47. The van der Waals surface area contributed by atoms with Crippen LogP contribution >= 0.6 is 11.8 Å². The normalized spacial score (nSPS) is 26.6. The Labute approximate surface area is 87.9 Å². The summed E-state index contributed by atoms with van der Waals surface area (Å²) in [5.41, 5.74) is 1.27. The highest BCUT2D eigenvalue weighted by Gasteiger charge is 2.24. The number of nitrogens with one attached hydrogen (secondary N) is 1. The molecule has 0 amide bonds. The van der Waals surface area contributed by atoms with Gasteiger partial charge in [-0.15, -0.1) is 11.8 Å². The molecule has 2 atom stereocenters. The summed E-state index contributed by atoms with van der Waals surface area (Å²) < 4.78 is 0. The van der Waals surface area contributed by atoms with Gasteiger partial charge in [-0.3, -0.25) is 10.3 Å². The Morgan fingerprint density at radius 1 is 1.50 bits per heavy atom. The molecule has 1 aliphatic heterocycles. The molecule has 1 aliphatic rings. The molecule has 1 aromatic heterocycles. The van der Waals surface area contributed by atoms with Gasteiger partial charge in [0.15, 0.2) is 0 Å². The molecule has 2 heterocycles. The molecule has 1 fully saturated rings. The van der Waals surface area contributed by atoms with Crippen molar-refractivity contribution in [2.45, 2.75) is 17.8 Å². The van der Waals surface area contributed by atoms with Crippen molar-refractivity contribution in [3.8, 4) is 0 Å². The van der Waals surface area contributed by atoms with Gasteiger partial charge in [-0.1, -0.05) is 0 Å². The fourth-order valence-corrected chi connectivity index (χ4v) is 2.90. The van der Waals surface area contributed by atoms with Crippen LogP contribution in [0.4, 0.5) is 0 Å². The third-order valence-corrected chi connectivity index (χ3v) is 3.67. The van der Waals surface area contributed by atoms with E-state index in [1.807, 2.05) is 36.3 Å². The second kappa shape index (κ2) is 4.77. The topological polar surface area (TPSA) is 45.2 Å². The van der Waals surface area contributed by atoms with Gasteiger partial charge in [0.05, 0.1) is 5.37 Å². The van der Waals surface area contributed by atoms with Crippen LogP contribution in [-0.2, 0) is 0 Å². The van der Waals surface area contributed by atoms with E-state index in [4.69, 9.17) is 5.11 Å². The van der Waals surface area contributed by atoms with Crippen LogP contribution in [0, 0.1) is 0 Å². The van der Waals surface area contributed by atoms with E-state index in [9.17, 15) is 0 Å². The smallest absolute Gasteiger partial charge is 0.0793 e. The van der Waals surface area contributed by atoms with Gasteiger partial charge < -0.3 is 5.11 Å². The van der Waals surface area contributed by atoms with Crippen LogP contribution in [0.1, 0.15) is 17.4 Å². The van der Waals surface area contributed by atoms with Gasteiger partial charge in [0.2, 0.25) is 0 Å². The van der Waals surface area contributed by atoms with Crippen LogP contribution in [0.2, 0.25) is 0 Å². The van der Waals surface area contributed by atoms with Crippen LogP contribution in [0.5, 0.6) is 0 Å².